The molecule has 5 N–H and O–H groups in total. The minimum absolute atomic E-state index is 0.105. The number of thiophene rings is 2. The summed E-state index contributed by atoms with van der Waals surface area (Å²) in [6.07, 6.45) is 4.44. The third-order valence-corrected chi connectivity index (χ3v) is 12.7. The SMILES string of the molecule is COC(=O)N[C@@H](C(=O)N1CCC[C@@H]1c1ncc(-c2cc3sc(-c4ccc5nc(C6CCCN6C(=O)C(NC(=O)CO)C(C)C)[nH]c5c4)cc3s2)[nH]1)C(C)C. The van der Waals surface area contributed by atoms with Crippen molar-refractivity contribution in [3.05, 3.63) is 48.2 Å². The molecule has 1 aromatic carbocycles. The molecule has 2 unspecified atom stereocenters. The van der Waals surface area contributed by atoms with E-state index in [1.54, 1.807) is 27.6 Å². The van der Waals surface area contributed by atoms with Gasteiger partial charge in [-0.25, -0.2) is 14.8 Å². The lowest BCUT2D eigenvalue weighted by Crippen LogP contribution is -2.51. The van der Waals surface area contributed by atoms with E-state index >= 15 is 0 Å². The first-order valence-electron chi connectivity index (χ1n) is 18.4. The first kappa shape index (κ1) is 37.5. The number of carbonyl (C=O) groups excluding carboxylic acids is 4. The number of aromatic nitrogens is 4. The number of likely N-dealkylation sites (tertiary alicyclic amines) is 2. The fraction of sp³-hybridized carbons (Fsp3) is 0.474. The maximum Gasteiger partial charge on any atom is 0.407 e. The number of ether oxygens (including phenoxy) is 1. The van der Waals surface area contributed by atoms with Crippen LogP contribution in [0.25, 0.3) is 41.4 Å². The number of amides is 4. The fourth-order valence-electron chi connectivity index (χ4n) is 7.50. The highest BCUT2D eigenvalue weighted by Crippen LogP contribution is 2.43. The zero-order valence-electron chi connectivity index (χ0n) is 31.0. The summed E-state index contributed by atoms with van der Waals surface area (Å²) in [4.78, 5) is 73.4. The third kappa shape index (κ3) is 7.33. The molecule has 54 heavy (non-hydrogen) atoms. The number of hydrogen-bond donors (Lipinski definition) is 5. The monoisotopic (exact) mass is 774 g/mol. The van der Waals surface area contributed by atoms with Crippen LogP contribution in [-0.4, -0.2) is 97.5 Å². The van der Waals surface area contributed by atoms with Gasteiger partial charge in [0.25, 0.3) is 0 Å². The molecule has 2 fully saturated rings. The molecule has 14 nitrogen and oxygen atoms in total. The van der Waals surface area contributed by atoms with E-state index in [4.69, 9.17) is 14.7 Å². The van der Waals surface area contributed by atoms with Crippen molar-refractivity contribution in [2.75, 3.05) is 26.8 Å². The second kappa shape index (κ2) is 15.5. The van der Waals surface area contributed by atoms with Crippen LogP contribution in [0.3, 0.4) is 0 Å². The topological polar surface area (TPSA) is 186 Å². The van der Waals surface area contributed by atoms with Crippen LogP contribution in [0.4, 0.5) is 4.79 Å². The average molecular weight is 775 g/mol. The van der Waals surface area contributed by atoms with Gasteiger partial charge in [0.05, 0.1) is 47.0 Å². The number of hydrogen-bond acceptors (Lipinski definition) is 10. The molecule has 2 aliphatic heterocycles. The number of aliphatic hydroxyl groups excluding tert-OH is 1. The third-order valence-electron chi connectivity index (χ3n) is 10.3. The molecule has 0 aliphatic carbocycles. The number of fused-ring (bicyclic) bond motifs is 2. The van der Waals surface area contributed by atoms with Crippen molar-refractivity contribution < 1.29 is 29.0 Å². The number of carbonyl (C=O) groups is 4. The lowest BCUT2D eigenvalue weighted by molar-refractivity contribution is -0.139. The first-order chi connectivity index (χ1) is 25.9. The molecule has 5 aromatic rings. The Labute approximate surface area is 320 Å². The van der Waals surface area contributed by atoms with Crippen LogP contribution in [0.15, 0.2) is 36.5 Å². The van der Waals surface area contributed by atoms with Gasteiger partial charge < -0.3 is 40.2 Å². The standard InChI is InChI=1S/C38H46N8O6S2/c1-19(2)32(43-31(48)18-47)36(49)46-13-7-9-26(46)35-40-22-11-10-21(14-23(22)41-35)27-15-29-30(53-27)16-28(54-29)24-17-39-34(42-24)25-8-6-12-45(25)37(50)33(20(3)4)44-38(51)52-5/h10-11,14-17,19-20,25-26,32-33,47H,6-9,12-13,18H2,1-5H3,(H,39,42)(H,40,41)(H,43,48)(H,44,51)/t25-,26?,32?,33-/m1/s1. The van der Waals surface area contributed by atoms with E-state index in [0.717, 1.165) is 78.8 Å². The van der Waals surface area contributed by atoms with Gasteiger partial charge in [0.15, 0.2) is 0 Å². The molecule has 2 saturated heterocycles. The van der Waals surface area contributed by atoms with Gasteiger partial charge >= 0.3 is 6.09 Å². The molecule has 0 bridgehead atoms. The number of nitrogens with zero attached hydrogens (tertiary/aromatic N) is 4. The smallest absolute Gasteiger partial charge is 0.407 e. The highest BCUT2D eigenvalue weighted by atomic mass is 32.1. The van der Waals surface area contributed by atoms with Gasteiger partial charge in [0.1, 0.15) is 30.3 Å². The van der Waals surface area contributed by atoms with Gasteiger partial charge in [-0.1, -0.05) is 33.8 Å². The Morgan fingerprint density at radius 3 is 2.11 bits per heavy atom. The molecule has 7 rings (SSSR count). The van der Waals surface area contributed by atoms with Crippen molar-refractivity contribution >= 4 is 66.9 Å². The van der Waals surface area contributed by atoms with Crippen molar-refractivity contribution in [3.63, 3.8) is 0 Å². The summed E-state index contributed by atoms with van der Waals surface area (Å²) in [6, 6.07) is 8.70. The number of H-pyrrole nitrogens is 2. The molecule has 0 radical (unpaired) electrons. The van der Waals surface area contributed by atoms with E-state index < -0.39 is 30.7 Å². The lowest BCUT2D eigenvalue weighted by atomic mass is 10.0. The van der Waals surface area contributed by atoms with Crippen molar-refractivity contribution in [1.29, 1.82) is 0 Å². The number of imidazole rings is 2. The van der Waals surface area contributed by atoms with Crippen LogP contribution in [0.2, 0.25) is 0 Å². The van der Waals surface area contributed by atoms with Crippen molar-refractivity contribution in [2.24, 2.45) is 11.8 Å². The Morgan fingerprint density at radius 2 is 1.48 bits per heavy atom. The number of rotatable bonds is 11. The van der Waals surface area contributed by atoms with E-state index in [-0.39, 0.29) is 35.7 Å². The summed E-state index contributed by atoms with van der Waals surface area (Å²) in [6.45, 7) is 8.07. The molecule has 2 aliphatic rings. The Balaban J connectivity index is 1.06. The quantitative estimate of drug-likeness (QED) is 0.113. The van der Waals surface area contributed by atoms with Crippen LogP contribution in [-0.2, 0) is 19.1 Å². The van der Waals surface area contributed by atoms with Gasteiger partial charge in [-0.3, -0.25) is 14.4 Å². The average Bonchev–Trinajstić information content (AvgIpc) is 3.99. The number of aromatic amines is 2. The first-order valence-corrected chi connectivity index (χ1v) is 20.0. The summed E-state index contributed by atoms with van der Waals surface area (Å²) < 4.78 is 7.08. The van der Waals surface area contributed by atoms with Gasteiger partial charge in [0, 0.05) is 27.4 Å². The largest absolute Gasteiger partial charge is 0.453 e. The van der Waals surface area contributed by atoms with Gasteiger partial charge in [0.2, 0.25) is 17.7 Å². The maximum atomic E-state index is 13.6. The number of methoxy groups -OCH3 is 1. The molecule has 16 heteroatoms. The Hall–Kier alpha value is -4.80. The zero-order valence-corrected chi connectivity index (χ0v) is 32.6. The van der Waals surface area contributed by atoms with E-state index in [9.17, 15) is 24.3 Å². The predicted molar refractivity (Wildman–Crippen MR) is 208 cm³/mol. The van der Waals surface area contributed by atoms with Gasteiger partial charge in [-0.15, -0.1) is 22.7 Å². The van der Waals surface area contributed by atoms with Gasteiger partial charge in [-0.2, -0.15) is 0 Å². The predicted octanol–water partition coefficient (Wildman–Crippen LogP) is 5.74. The summed E-state index contributed by atoms with van der Waals surface area (Å²) in [5.41, 5.74) is 3.67. The molecule has 0 spiro atoms. The molecule has 4 aromatic heterocycles. The molecular weight excluding hydrogens is 729 g/mol. The van der Waals surface area contributed by atoms with Gasteiger partial charge in [-0.05, 0) is 67.3 Å². The number of nitrogens with one attached hydrogen (secondary N) is 4. The normalized spacial score (nSPS) is 18.6. The van der Waals surface area contributed by atoms with Crippen LogP contribution in [0.1, 0.15) is 77.1 Å². The van der Waals surface area contributed by atoms with E-state index in [2.05, 4.69) is 44.9 Å². The van der Waals surface area contributed by atoms with E-state index in [1.165, 1.54) is 7.11 Å². The summed E-state index contributed by atoms with van der Waals surface area (Å²) in [7, 11) is 1.29. The number of alkyl carbamates (subject to hydrolysis) is 1. The van der Waals surface area contributed by atoms with Crippen molar-refractivity contribution in [3.8, 4) is 21.0 Å². The second-order valence-corrected chi connectivity index (χ2v) is 16.8. The Kier molecular flexibility index (Phi) is 10.8. The van der Waals surface area contributed by atoms with E-state index in [0.29, 0.717) is 13.1 Å². The Bertz CT molecular complexity index is 2150. The summed E-state index contributed by atoms with van der Waals surface area (Å²) in [5.74, 6) is 0.349. The number of aliphatic hydroxyl groups is 1. The fourth-order valence-corrected chi connectivity index (χ4v) is 9.86. The highest BCUT2D eigenvalue weighted by Gasteiger charge is 2.39. The molecule has 286 valence electrons. The molecule has 6 heterocycles. The molecular formula is C38H46N8O6S2. The minimum Gasteiger partial charge on any atom is -0.453 e. The molecule has 4 amide bonds. The van der Waals surface area contributed by atoms with Crippen LogP contribution < -0.4 is 10.6 Å². The molecule has 4 atom stereocenters. The number of benzene rings is 1. The Morgan fingerprint density at radius 1 is 0.870 bits per heavy atom. The summed E-state index contributed by atoms with van der Waals surface area (Å²) >= 11 is 3.39. The van der Waals surface area contributed by atoms with E-state index in [1.807, 2.05) is 44.9 Å². The van der Waals surface area contributed by atoms with Crippen molar-refractivity contribution in [2.45, 2.75) is 77.5 Å². The minimum atomic E-state index is -0.723. The van der Waals surface area contributed by atoms with Crippen LogP contribution in [0, 0.1) is 11.8 Å². The van der Waals surface area contributed by atoms with Crippen LogP contribution >= 0.6 is 22.7 Å². The zero-order chi connectivity index (χ0) is 38.3. The van der Waals surface area contributed by atoms with Crippen molar-refractivity contribution in [1.82, 2.24) is 40.4 Å². The van der Waals surface area contributed by atoms with Crippen LogP contribution in [0.5, 0.6) is 0 Å². The second-order valence-electron chi connectivity index (χ2n) is 14.7. The summed E-state index contributed by atoms with van der Waals surface area (Å²) in [5, 5.41) is 14.6. The maximum absolute atomic E-state index is 13.6. The lowest BCUT2D eigenvalue weighted by Gasteiger charge is -2.30. The molecule has 0 saturated carbocycles. The highest BCUT2D eigenvalue weighted by molar-refractivity contribution is 7.31.